The number of ether oxygens (including phenoxy) is 1. The number of nitrogens with one attached hydrogen (secondary N) is 1. The lowest BCUT2D eigenvalue weighted by molar-refractivity contribution is -0.141. The van der Waals surface area contributed by atoms with Gasteiger partial charge in [-0.05, 0) is 116 Å². The smallest absolute Gasteiger partial charge is 0.302 e. The minimum Gasteiger partial charge on any atom is -0.466 e. The molecule has 0 unspecified atom stereocenters. The van der Waals surface area contributed by atoms with E-state index < -0.39 is 0 Å². The van der Waals surface area contributed by atoms with Gasteiger partial charge in [0.2, 0.25) is 5.91 Å². The Morgan fingerprint density at radius 3 is 2.09 bits per heavy atom. The number of benzene rings is 3. The van der Waals surface area contributed by atoms with E-state index in [1.165, 1.54) is 62.4 Å². The topological polar surface area (TPSA) is 58.6 Å². The van der Waals surface area contributed by atoms with Crippen LogP contribution >= 0.6 is 0 Å². The van der Waals surface area contributed by atoms with E-state index in [9.17, 15) is 9.59 Å². The summed E-state index contributed by atoms with van der Waals surface area (Å²) in [6.07, 6.45) is 8.94. The van der Waals surface area contributed by atoms with Crippen LogP contribution in [0.5, 0.6) is 0 Å². The summed E-state index contributed by atoms with van der Waals surface area (Å²) >= 11 is 0. The van der Waals surface area contributed by atoms with Gasteiger partial charge in [0, 0.05) is 25.1 Å². The molecule has 5 nitrogen and oxygen atoms in total. The Bertz CT molecular complexity index is 1330. The zero-order valence-corrected chi connectivity index (χ0v) is 26.2. The molecule has 0 aromatic heterocycles. The molecule has 3 aromatic rings. The minimum atomic E-state index is -0.189. The zero-order chi connectivity index (χ0) is 30.6. The van der Waals surface area contributed by atoms with Crippen LogP contribution in [0.3, 0.4) is 0 Å². The average molecular weight is 581 g/mol. The van der Waals surface area contributed by atoms with Gasteiger partial charge in [-0.15, -0.1) is 0 Å². The number of likely N-dealkylation sites (tertiary alicyclic amines) is 1. The van der Waals surface area contributed by atoms with Crippen molar-refractivity contribution in [2.75, 3.05) is 25.0 Å². The molecule has 1 saturated carbocycles. The number of esters is 1. The molecule has 1 N–H and O–H groups in total. The molecule has 1 aliphatic carbocycles. The van der Waals surface area contributed by atoms with E-state index >= 15 is 0 Å². The highest BCUT2D eigenvalue weighted by Gasteiger charge is 2.32. The van der Waals surface area contributed by atoms with E-state index in [1.54, 1.807) is 0 Å². The van der Waals surface area contributed by atoms with Gasteiger partial charge in [0.25, 0.3) is 0 Å². The summed E-state index contributed by atoms with van der Waals surface area (Å²) in [4.78, 5) is 24.7. The van der Waals surface area contributed by atoms with Crippen molar-refractivity contribution in [2.24, 2.45) is 0 Å². The number of rotatable bonds is 11. The Balaban J connectivity index is 0.000000239. The van der Waals surface area contributed by atoms with E-state index in [0.29, 0.717) is 18.9 Å². The van der Waals surface area contributed by atoms with Crippen LogP contribution < -0.4 is 5.32 Å². The standard InChI is InChI=1S/C25H30N2O.C13H18O2/c1-3-25(28)26-23-10-8-20(9-11-23)18(2)19-4-6-21(7-5-19)22-14-16-27(17-15-22)24-12-13-24;1-11-7-3-4-8-13(11)9-5-6-10-15-12(2)14/h4-11,22,24H,2-3,12-17H2,1H3,(H,26,28);3-4,7-8H,5-6,9-10H2,1-2H3. The molecular weight excluding hydrogens is 532 g/mol. The Morgan fingerprint density at radius 2 is 1.51 bits per heavy atom. The molecule has 1 aliphatic heterocycles. The molecule has 1 heterocycles. The van der Waals surface area contributed by atoms with Gasteiger partial charge in [0.1, 0.15) is 0 Å². The molecule has 1 amide bonds. The van der Waals surface area contributed by atoms with Gasteiger partial charge in [0.15, 0.2) is 0 Å². The van der Waals surface area contributed by atoms with E-state index in [2.05, 4.69) is 72.3 Å². The van der Waals surface area contributed by atoms with Crippen molar-refractivity contribution in [1.82, 2.24) is 4.90 Å². The van der Waals surface area contributed by atoms with E-state index in [1.807, 2.05) is 31.2 Å². The predicted molar refractivity (Wildman–Crippen MR) is 177 cm³/mol. The number of piperidine rings is 1. The summed E-state index contributed by atoms with van der Waals surface area (Å²) in [5, 5.41) is 2.88. The van der Waals surface area contributed by atoms with E-state index in [-0.39, 0.29) is 11.9 Å². The van der Waals surface area contributed by atoms with Crippen molar-refractivity contribution in [3.05, 3.63) is 107 Å². The number of nitrogens with zero attached hydrogens (tertiary/aromatic N) is 1. The van der Waals surface area contributed by atoms with Gasteiger partial charge in [-0.2, -0.15) is 0 Å². The third-order valence-corrected chi connectivity index (χ3v) is 8.57. The highest BCUT2D eigenvalue weighted by Crippen LogP contribution is 2.35. The van der Waals surface area contributed by atoms with E-state index in [0.717, 1.165) is 47.7 Å². The summed E-state index contributed by atoms with van der Waals surface area (Å²) in [7, 11) is 0. The molecule has 0 atom stereocenters. The molecule has 43 heavy (non-hydrogen) atoms. The monoisotopic (exact) mass is 580 g/mol. The first-order chi connectivity index (χ1) is 20.8. The number of unbranched alkanes of at least 4 members (excludes halogenated alkanes) is 1. The summed E-state index contributed by atoms with van der Waals surface area (Å²) in [6.45, 7) is 12.8. The second-order valence-corrected chi connectivity index (χ2v) is 11.8. The number of carbonyl (C=O) groups is 2. The van der Waals surface area contributed by atoms with Crippen LogP contribution in [-0.2, 0) is 20.7 Å². The molecule has 5 rings (SSSR count). The third kappa shape index (κ3) is 10.2. The van der Waals surface area contributed by atoms with Crippen LogP contribution in [0.2, 0.25) is 0 Å². The molecule has 0 bridgehead atoms. The fourth-order valence-corrected chi connectivity index (χ4v) is 5.69. The summed E-state index contributed by atoms with van der Waals surface area (Å²) in [5.41, 5.74) is 8.28. The van der Waals surface area contributed by atoms with Gasteiger partial charge in [-0.1, -0.05) is 74.2 Å². The third-order valence-electron chi connectivity index (χ3n) is 8.57. The van der Waals surface area contributed by atoms with Crippen molar-refractivity contribution in [3.8, 4) is 0 Å². The molecule has 0 radical (unpaired) electrons. The lowest BCUT2D eigenvalue weighted by Crippen LogP contribution is -2.34. The molecule has 228 valence electrons. The Morgan fingerprint density at radius 1 is 0.884 bits per heavy atom. The highest BCUT2D eigenvalue weighted by molar-refractivity contribution is 5.90. The molecular formula is C38H48N2O3. The highest BCUT2D eigenvalue weighted by atomic mass is 16.5. The van der Waals surface area contributed by atoms with Crippen LogP contribution in [0, 0.1) is 6.92 Å². The fraction of sp³-hybridized carbons (Fsp3) is 0.421. The first-order valence-corrected chi connectivity index (χ1v) is 16.0. The Kier molecular flexibility index (Phi) is 12.2. The van der Waals surface area contributed by atoms with Gasteiger partial charge < -0.3 is 15.0 Å². The molecule has 3 aromatic carbocycles. The van der Waals surface area contributed by atoms with Gasteiger partial charge in [0.05, 0.1) is 6.61 Å². The lowest BCUT2D eigenvalue weighted by Gasteiger charge is -2.32. The van der Waals surface area contributed by atoms with Gasteiger partial charge >= 0.3 is 5.97 Å². The van der Waals surface area contributed by atoms with Crippen LogP contribution in [0.25, 0.3) is 5.57 Å². The first kappa shape index (κ1) is 32.2. The fourth-order valence-electron chi connectivity index (χ4n) is 5.69. The predicted octanol–water partition coefficient (Wildman–Crippen LogP) is 8.32. The number of carbonyl (C=O) groups excluding carboxylic acids is 2. The molecule has 0 spiro atoms. The van der Waals surface area contributed by atoms with Crippen LogP contribution in [0.1, 0.15) is 92.5 Å². The number of aryl methyl sites for hydroxylation is 2. The first-order valence-electron chi connectivity index (χ1n) is 16.0. The maximum atomic E-state index is 11.5. The number of anilines is 1. The summed E-state index contributed by atoms with van der Waals surface area (Å²) in [6, 6.07) is 26.2. The minimum absolute atomic E-state index is 0.0325. The normalized spacial score (nSPS) is 15.2. The van der Waals surface area contributed by atoms with E-state index in [4.69, 9.17) is 4.74 Å². The van der Waals surface area contributed by atoms with Crippen molar-refractivity contribution in [1.29, 1.82) is 0 Å². The van der Waals surface area contributed by atoms with Crippen LogP contribution in [0.4, 0.5) is 5.69 Å². The second kappa shape index (κ2) is 16.2. The van der Waals surface area contributed by atoms with Crippen LogP contribution in [-0.4, -0.2) is 42.5 Å². The summed E-state index contributed by atoms with van der Waals surface area (Å²) in [5.74, 6) is 0.537. The molecule has 2 fully saturated rings. The second-order valence-electron chi connectivity index (χ2n) is 11.8. The van der Waals surface area contributed by atoms with Crippen LogP contribution in [0.15, 0.2) is 79.4 Å². The van der Waals surface area contributed by atoms with Crippen molar-refractivity contribution in [2.45, 2.75) is 84.1 Å². The van der Waals surface area contributed by atoms with Crippen molar-refractivity contribution >= 4 is 23.1 Å². The molecule has 1 saturated heterocycles. The van der Waals surface area contributed by atoms with Gasteiger partial charge in [-0.3, -0.25) is 9.59 Å². The Hall–Kier alpha value is -3.70. The molecule has 5 heteroatoms. The molecule has 2 aliphatic rings. The van der Waals surface area contributed by atoms with Gasteiger partial charge in [-0.25, -0.2) is 0 Å². The number of hydrogen-bond acceptors (Lipinski definition) is 4. The Labute approximate surface area is 258 Å². The number of hydrogen-bond donors (Lipinski definition) is 1. The largest absolute Gasteiger partial charge is 0.466 e. The van der Waals surface area contributed by atoms with Crippen molar-refractivity contribution < 1.29 is 14.3 Å². The summed E-state index contributed by atoms with van der Waals surface area (Å²) < 4.78 is 4.87. The quantitative estimate of drug-likeness (QED) is 0.183. The number of amides is 1. The van der Waals surface area contributed by atoms with Crippen molar-refractivity contribution in [3.63, 3.8) is 0 Å². The lowest BCUT2D eigenvalue weighted by atomic mass is 9.88. The SMILES string of the molecule is C=C(c1ccc(NC(=O)CC)cc1)c1ccc(C2CCN(C3CC3)CC2)cc1.CC(=O)OCCCCc1ccccc1C. The average Bonchev–Trinajstić information content (AvgIpc) is 3.88. The maximum absolute atomic E-state index is 11.5. The zero-order valence-electron chi connectivity index (χ0n) is 26.2. The maximum Gasteiger partial charge on any atom is 0.302 e.